The van der Waals surface area contributed by atoms with Crippen LogP contribution in [-0.4, -0.2) is 16.5 Å². The molecule has 5 heteroatoms. The highest BCUT2D eigenvalue weighted by Crippen LogP contribution is 2.37. The van der Waals surface area contributed by atoms with Crippen molar-refractivity contribution in [3.8, 4) is 0 Å². The number of benzene rings is 1. The highest BCUT2D eigenvalue weighted by molar-refractivity contribution is 6.30. The summed E-state index contributed by atoms with van der Waals surface area (Å²) in [5.74, 6) is 0.282. The van der Waals surface area contributed by atoms with Gasteiger partial charge in [-0.05, 0) is 48.1 Å². The lowest BCUT2D eigenvalue weighted by molar-refractivity contribution is -0.118. The van der Waals surface area contributed by atoms with Gasteiger partial charge in [0.25, 0.3) is 0 Å². The number of pyridine rings is 1. The number of halogens is 2. The van der Waals surface area contributed by atoms with Gasteiger partial charge in [0.2, 0.25) is 0 Å². The first-order chi connectivity index (χ1) is 12.5. The highest BCUT2D eigenvalue weighted by Gasteiger charge is 2.32. The highest BCUT2D eigenvalue weighted by atomic mass is 35.5. The molecule has 1 fully saturated rings. The van der Waals surface area contributed by atoms with Crippen LogP contribution in [0.5, 0.6) is 0 Å². The molecule has 26 heavy (non-hydrogen) atoms. The van der Waals surface area contributed by atoms with E-state index in [-0.39, 0.29) is 16.7 Å². The Hall–Kier alpha value is -2.07. The summed E-state index contributed by atoms with van der Waals surface area (Å²) in [4.78, 5) is 21.6. The molecule has 0 unspecified atom stereocenters. The van der Waals surface area contributed by atoms with Crippen LogP contribution in [0.2, 0.25) is 5.02 Å². The van der Waals surface area contributed by atoms with Crippen LogP contribution in [0.3, 0.4) is 0 Å². The first kappa shape index (κ1) is 17.3. The Bertz CT molecular complexity index is 905. The molecule has 2 heterocycles. The molecule has 0 bridgehead atoms. The fourth-order valence-corrected chi connectivity index (χ4v) is 3.71. The summed E-state index contributed by atoms with van der Waals surface area (Å²) in [6.07, 6.45) is 5.02. The van der Waals surface area contributed by atoms with Crippen molar-refractivity contribution in [2.24, 2.45) is 10.9 Å². The lowest BCUT2D eigenvalue weighted by Gasteiger charge is -2.12. The van der Waals surface area contributed by atoms with Gasteiger partial charge < -0.3 is 0 Å². The number of ketones is 1. The third-order valence-corrected chi connectivity index (χ3v) is 5.42. The number of nitrogens with zero attached hydrogens (tertiary/aromatic N) is 2. The first-order valence-electron chi connectivity index (χ1n) is 9.00. The number of Topliss-reactive ketones (excluding diaryl/α,β-unsaturated/α-hetero) is 1. The van der Waals surface area contributed by atoms with Crippen molar-refractivity contribution in [1.29, 1.82) is 0 Å². The number of hydrogen-bond donors (Lipinski definition) is 0. The maximum atomic E-state index is 13.3. The van der Waals surface area contributed by atoms with Crippen molar-refractivity contribution in [3.05, 3.63) is 63.7 Å². The molecule has 1 aliphatic carbocycles. The van der Waals surface area contributed by atoms with Gasteiger partial charge in [0.1, 0.15) is 11.6 Å². The smallest absolute Gasteiger partial charge is 0.141 e. The average Bonchev–Trinajstić information content (AvgIpc) is 3.36. The van der Waals surface area contributed by atoms with Crippen LogP contribution >= 0.6 is 11.6 Å². The second-order valence-corrected chi connectivity index (χ2v) is 7.71. The van der Waals surface area contributed by atoms with E-state index in [1.165, 1.54) is 30.2 Å². The number of carbonyl (C=O) groups excluding carboxylic acids is 1. The SMILES string of the molecule is C[C@@H](CC(=O)Cc1cc2c(cn1)C(C1CC1)=NC2)c1ccc(F)c(Cl)c1. The monoisotopic (exact) mass is 370 g/mol. The molecule has 0 spiro atoms. The molecule has 0 amide bonds. The predicted molar refractivity (Wildman–Crippen MR) is 100 cm³/mol. The van der Waals surface area contributed by atoms with Crippen molar-refractivity contribution >= 4 is 23.1 Å². The van der Waals surface area contributed by atoms with E-state index in [2.05, 4.69) is 9.98 Å². The Morgan fingerprint density at radius 1 is 1.35 bits per heavy atom. The zero-order valence-corrected chi connectivity index (χ0v) is 15.4. The summed E-state index contributed by atoms with van der Waals surface area (Å²) in [7, 11) is 0. The Balaban J connectivity index is 1.40. The summed E-state index contributed by atoms with van der Waals surface area (Å²) in [5, 5.41) is 0.0913. The molecular formula is C21H20ClFN2O. The molecule has 0 N–H and O–H groups in total. The van der Waals surface area contributed by atoms with Gasteiger partial charge in [-0.25, -0.2) is 4.39 Å². The molecule has 1 aliphatic heterocycles. The molecule has 3 nitrogen and oxygen atoms in total. The van der Waals surface area contributed by atoms with E-state index in [0.717, 1.165) is 16.8 Å². The lowest BCUT2D eigenvalue weighted by atomic mass is 9.94. The second-order valence-electron chi connectivity index (χ2n) is 7.30. The third-order valence-electron chi connectivity index (χ3n) is 5.13. The van der Waals surface area contributed by atoms with Gasteiger partial charge in [-0.3, -0.25) is 14.8 Å². The van der Waals surface area contributed by atoms with E-state index in [4.69, 9.17) is 11.6 Å². The van der Waals surface area contributed by atoms with E-state index >= 15 is 0 Å². The van der Waals surface area contributed by atoms with Gasteiger partial charge in [0.15, 0.2) is 0 Å². The molecule has 1 saturated carbocycles. The molecule has 134 valence electrons. The van der Waals surface area contributed by atoms with Crippen molar-refractivity contribution in [2.75, 3.05) is 0 Å². The van der Waals surface area contributed by atoms with Crippen LogP contribution in [-0.2, 0) is 17.8 Å². The van der Waals surface area contributed by atoms with E-state index in [1.807, 2.05) is 19.2 Å². The molecular weight excluding hydrogens is 351 g/mol. The summed E-state index contributed by atoms with van der Waals surface area (Å²) in [5.41, 5.74) is 5.22. The first-order valence-corrected chi connectivity index (χ1v) is 9.38. The van der Waals surface area contributed by atoms with E-state index in [0.29, 0.717) is 25.3 Å². The van der Waals surface area contributed by atoms with Gasteiger partial charge in [0.05, 0.1) is 11.6 Å². The fraction of sp³-hybridized carbons (Fsp3) is 0.381. The number of carbonyl (C=O) groups is 1. The standard InChI is InChI=1S/C21H20ClFN2O/c1-12(14-4-5-20(23)19(22)8-14)6-17(26)9-16-7-15-10-25-21(13-2-3-13)18(15)11-24-16/h4-5,7-8,11-13H,2-3,6,9-10H2,1H3/t12-/m0/s1. The van der Waals surface area contributed by atoms with Crippen molar-refractivity contribution in [3.63, 3.8) is 0 Å². The average molecular weight is 371 g/mol. The Kier molecular flexibility index (Phi) is 4.62. The Morgan fingerprint density at radius 2 is 2.15 bits per heavy atom. The minimum absolute atomic E-state index is 0.0140. The van der Waals surface area contributed by atoms with Gasteiger partial charge in [-0.15, -0.1) is 0 Å². The quantitative estimate of drug-likeness (QED) is 0.726. The minimum atomic E-state index is -0.441. The predicted octanol–water partition coefficient (Wildman–Crippen LogP) is 4.89. The normalized spacial score (nSPS) is 17.0. The largest absolute Gasteiger partial charge is 0.299 e. The summed E-state index contributed by atoms with van der Waals surface area (Å²) in [6.45, 7) is 2.66. The number of aromatic nitrogens is 1. The molecule has 4 rings (SSSR count). The molecule has 2 aliphatic rings. The minimum Gasteiger partial charge on any atom is -0.299 e. The molecule has 0 saturated heterocycles. The van der Waals surface area contributed by atoms with E-state index in [1.54, 1.807) is 12.1 Å². The third kappa shape index (κ3) is 3.56. The molecule has 1 aromatic carbocycles. The maximum Gasteiger partial charge on any atom is 0.141 e. The van der Waals surface area contributed by atoms with Crippen LogP contribution in [0, 0.1) is 11.7 Å². The Morgan fingerprint density at radius 3 is 2.88 bits per heavy atom. The number of rotatable bonds is 6. The number of fused-ring (bicyclic) bond motifs is 1. The molecule has 0 radical (unpaired) electrons. The second kappa shape index (κ2) is 6.92. The van der Waals surface area contributed by atoms with Crippen LogP contribution < -0.4 is 0 Å². The fourth-order valence-electron chi connectivity index (χ4n) is 3.52. The van der Waals surface area contributed by atoms with Crippen molar-refractivity contribution in [1.82, 2.24) is 4.98 Å². The summed E-state index contributed by atoms with van der Waals surface area (Å²) < 4.78 is 13.3. The zero-order chi connectivity index (χ0) is 18.3. The molecule has 1 aromatic heterocycles. The van der Waals surface area contributed by atoms with Gasteiger partial charge >= 0.3 is 0 Å². The van der Waals surface area contributed by atoms with Gasteiger partial charge in [-0.1, -0.05) is 24.6 Å². The zero-order valence-electron chi connectivity index (χ0n) is 14.6. The van der Waals surface area contributed by atoms with E-state index in [9.17, 15) is 9.18 Å². The van der Waals surface area contributed by atoms with Gasteiger partial charge in [-0.2, -0.15) is 0 Å². The van der Waals surface area contributed by atoms with Crippen LogP contribution in [0.4, 0.5) is 4.39 Å². The summed E-state index contributed by atoms with van der Waals surface area (Å²) in [6, 6.07) is 6.65. The topological polar surface area (TPSA) is 42.3 Å². The van der Waals surface area contributed by atoms with Gasteiger partial charge in [0, 0.05) is 41.9 Å². The van der Waals surface area contributed by atoms with E-state index < -0.39 is 5.82 Å². The molecule has 1 atom stereocenters. The molecule has 2 aromatic rings. The Labute approximate surface area is 157 Å². The van der Waals surface area contributed by atoms with Crippen molar-refractivity contribution in [2.45, 2.75) is 45.1 Å². The van der Waals surface area contributed by atoms with Crippen LogP contribution in [0.1, 0.15) is 54.5 Å². The number of hydrogen-bond acceptors (Lipinski definition) is 3. The van der Waals surface area contributed by atoms with Crippen molar-refractivity contribution < 1.29 is 9.18 Å². The lowest BCUT2D eigenvalue weighted by Crippen LogP contribution is -2.10. The summed E-state index contributed by atoms with van der Waals surface area (Å²) >= 11 is 5.84. The number of aliphatic imine (C=N–C) groups is 1. The maximum absolute atomic E-state index is 13.3. The van der Waals surface area contributed by atoms with Crippen LogP contribution in [0.15, 0.2) is 35.5 Å². The van der Waals surface area contributed by atoms with Crippen LogP contribution in [0.25, 0.3) is 0 Å².